The van der Waals surface area contributed by atoms with Crippen LogP contribution in [0.15, 0.2) is 0 Å². The molecule has 1 heterocycles. The minimum atomic E-state index is -0.637. The summed E-state index contributed by atoms with van der Waals surface area (Å²) >= 11 is 0. The summed E-state index contributed by atoms with van der Waals surface area (Å²) in [6, 6.07) is -0.637. The molecule has 0 aliphatic carbocycles. The van der Waals surface area contributed by atoms with Gasteiger partial charge in [0.2, 0.25) is 5.91 Å². The highest BCUT2D eigenvalue weighted by Gasteiger charge is 2.24. The van der Waals surface area contributed by atoms with Crippen LogP contribution in [-0.2, 0) is 16.0 Å². The van der Waals surface area contributed by atoms with Gasteiger partial charge in [0.15, 0.2) is 5.69 Å². The molecule has 0 radical (unpaired) electrons. The van der Waals surface area contributed by atoms with Gasteiger partial charge in [-0.05, 0) is 20.3 Å². The molecule has 0 spiro atoms. The molecular weight excluding hydrogens is 236 g/mol. The molecule has 1 atom stereocenters. The Morgan fingerprint density at radius 1 is 1.44 bits per heavy atom. The van der Waals surface area contributed by atoms with Crippen molar-refractivity contribution < 1.29 is 14.3 Å². The smallest absolute Gasteiger partial charge is 0.360 e. The quantitative estimate of drug-likeness (QED) is 0.743. The molecule has 0 aliphatic heterocycles. The number of nitrogens with two attached hydrogens (primary N) is 1. The van der Waals surface area contributed by atoms with E-state index in [2.05, 4.69) is 10.3 Å². The molecule has 1 amide bonds. The fourth-order valence-electron chi connectivity index (χ4n) is 1.57. The van der Waals surface area contributed by atoms with Crippen LogP contribution in [0, 0.1) is 0 Å². The second-order valence-electron chi connectivity index (χ2n) is 3.88. The van der Waals surface area contributed by atoms with Gasteiger partial charge in [-0.2, -0.15) is 0 Å². The number of hydrogen-bond acceptors (Lipinski definition) is 5. The number of ether oxygens (including phenoxy) is 1. The van der Waals surface area contributed by atoms with Gasteiger partial charge < -0.3 is 10.5 Å². The highest BCUT2D eigenvalue weighted by atomic mass is 16.5. The van der Waals surface area contributed by atoms with Gasteiger partial charge in [0, 0.05) is 0 Å². The largest absolute Gasteiger partial charge is 0.461 e. The van der Waals surface area contributed by atoms with E-state index in [4.69, 9.17) is 10.5 Å². The Morgan fingerprint density at radius 3 is 2.61 bits per heavy atom. The predicted octanol–water partition coefficient (Wildman–Crippen LogP) is 0.454. The Hall–Kier alpha value is -1.92. The van der Waals surface area contributed by atoms with Crippen LogP contribution in [-0.4, -0.2) is 33.5 Å². The van der Waals surface area contributed by atoms with Crippen molar-refractivity contribution in [1.29, 1.82) is 0 Å². The third-order valence-electron chi connectivity index (χ3n) is 2.53. The first-order valence-electron chi connectivity index (χ1n) is 5.93. The summed E-state index contributed by atoms with van der Waals surface area (Å²) in [5.74, 6) is -1.04. The molecule has 0 aromatic carbocycles. The number of hydrogen-bond donors (Lipinski definition) is 1. The van der Waals surface area contributed by atoms with E-state index in [1.165, 1.54) is 4.68 Å². The third-order valence-corrected chi connectivity index (χ3v) is 2.53. The molecule has 0 aliphatic rings. The monoisotopic (exact) mass is 254 g/mol. The fourth-order valence-corrected chi connectivity index (χ4v) is 1.57. The third kappa shape index (κ3) is 2.85. The zero-order valence-electron chi connectivity index (χ0n) is 10.8. The Balaban J connectivity index is 3.13. The van der Waals surface area contributed by atoms with Crippen LogP contribution in [0.25, 0.3) is 0 Å². The van der Waals surface area contributed by atoms with Gasteiger partial charge >= 0.3 is 5.97 Å². The van der Waals surface area contributed by atoms with Crippen LogP contribution in [0.2, 0.25) is 0 Å². The number of primary amides is 1. The maximum absolute atomic E-state index is 11.7. The Labute approximate surface area is 105 Å². The minimum absolute atomic E-state index is 0.159. The number of amides is 1. The van der Waals surface area contributed by atoms with Crippen LogP contribution >= 0.6 is 0 Å². The molecule has 0 fully saturated rings. The number of aromatic nitrogens is 3. The summed E-state index contributed by atoms with van der Waals surface area (Å²) in [5.41, 5.74) is 5.98. The van der Waals surface area contributed by atoms with E-state index < -0.39 is 17.9 Å². The molecule has 0 bridgehead atoms. The molecule has 0 saturated heterocycles. The van der Waals surface area contributed by atoms with Crippen molar-refractivity contribution in [2.45, 2.75) is 39.7 Å². The van der Waals surface area contributed by atoms with Crippen molar-refractivity contribution in [2.75, 3.05) is 6.61 Å². The van der Waals surface area contributed by atoms with E-state index in [0.717, 1.165) is 6.42 Å². The van der Waals surface area contributed by atoms with Crippen LogP contribution in [0.4, 0.5) is 0 Å². The summed E-state index contributed by atoms with van der Waals surface area (Å²) < 4.78 is 6.28. The maximum Gasteiger partial charge on any atom is 0.360 e. The molecule has 2 N–H and O–H groups in total. The lowest BCUT2D eigenvalue weighted by molar-refractivity contribution is -0.121. The first kappa shape index (κ1) is 14.1. The van der Waals surface area contributed by atoms with Crippen molar-refractivity contribution in [3.05, 3.63) is 11.4 Å². The molecular formula is C11H18N4O3. The Kier molecular flexibility index (Phi) is 4.82. The van der Waals surface area contributed by atoms with Crippen LogP contribution in [0.5, 0.6) is 0 Å². The van der Waals surface area contributed by atoms with Gasteiger partial charge in [-0.3, -0.25) is 4.79 Å². The number of carbonyl (C=O) groups is 2. The molecule has 18 heavy (non-hydrogen) atoms. The second kappa shape index (κ2) is 6.13. The lowest BCUT2D eigenvalue weighted by Crippen LogP contribution is -2.26. The molecule has 1 aromatic rings. The van der Waals surface area contributed by atoms with E-state index in [0.29, 0.717) is 12.1 Å². The number of carbonyl (C=O) groups excluding carboxylic acids is 2. The SMILES string of the molecule is CCCc1c(C(=O)OCC)nnn1C(C)C(N)=O. The lowest BCUT2D eigenvalue weighted by atomic mass is 10.2. The highest BCUT2D eigenvalue weighted by Crippen LogP contribution is 2.15. The van der Waals surface area contributed by atoms with Gasteiger partial charge in [-0.15, -0.1) is 5.10 Å². The first-order valence-corrected chi connectivity index (χ1v) is 5.93. The van der Waals surface area contributed by atoms with Gasteiger partial charge in [-0.25, -0.2) is 9.48 Å². The zero-order valence-corrected chi connectivity index (χ0v) is 10.8. The van der Waals surface area contributed by atoms with E-state index >= 15 is 0 Å². The molecule has 7 heteroatoms. The van der Waals surface area contributed by atoms with E-state index in [1.54, 1.807) is 13.8 Å². The predicted molar refractivity (Wildman–Crippen MR) is 63.9 cm³/mol. The van der Waals surface area contributed by atoms with Crippen molar-refractivity contribution in [3.8, 4) is 0 Å². The normalized spacial score (nSPS) is 12.2. The van der Waals surface area contributed by atoms with E-state index in [9.17, 15) is 9.59 Å². The van der Waals surface area contributed by atoms with Crippen LogP contribution in [0.1, 0.15) is 49.4 Å². The summed E-state index contributed by atoms with van der Waals surface area (Å²) in [6.07, 6.45) is 1.38. The topological polar surface area (TPSA) is 100 Å². The first-order chi connectivity index (χ1) is 8.52. The second-order valence-corrected chi connectivity index (χ2v) is 3.88. The number of rotatable bonds is 6. The zero-order chi connectivity index (χ0) is 13.7. The average Bonchev–Trinajstić information content (AvgIpc) is 2.72. The van der Waals surface area contributed by atoms with Gasteiger partial charge in [0.1, 0.15) is 6.04 Å². The highest BCUT2D eigenvalue weighted by molar-refractivity contribution is 5.88. The number of nitrogens with zero attached hydrogens (tertiary/aromatic N) is 3. The molecule has 7 nitrogen and oxygen atoms in total. The van der Waals surface area contributed by atoms with Gasteiger partial charge in [0.05, 0.1) is 12.3 Å². The summed E-state index contributed by atoms with van der Waals surface area (Å²) in [6.45, 7) is 5.56. The van der Waals surface area contributed by atoms with Crippen molar-refractivity contribution in [2.24, 2.45) is 5.73 Å². The van der Waals surface area contributed by atoms with Crippen molar-refractivity contribution >= 4 is 11.9 Å². The van der Waals surface area contributed by atoms with Crippen LogP contribution < -0.4 is 5.73 Å². The fraction of sp³-hybridized carbons (Fsp3) is 0.636. The maximum atomic E-state index is 11.7. The molecule has 0 saturated carbocycles. The minimum Gasteiger partial charge on any atom is -0.461 e. The number of esters is 1. The van der Waals surface area contributed by atoms with Crippen molar-refractivity contribution in [1.82, 2.24) is 15.0 Å². The summed E-state index contributed by atoms with van der Waals surface area (Å²) in [5, 5.41) is 7.61. The lowest BCUT2D eigenvalue weighted by Gasteiger charge is -2.11. The standard InChI is InChI=1S/C11H18N4O3/c1-4-6-8-9(11(17)18-5-2)13-14-15(8)7(3)10(12)16/h7H,4-6H2,1-3H3,(H2,12,16). The average molecular weight is 254 g/mol. The van der Waals surface area contributed by atoms with Crippen molar-refractivity contribution in [3.63, 3.8) is 0 Å². The van der Waals surface area contributed by atoms with Gasteiger partial charge in [-0.1, -0.05) is 18.6 Å². The Bertz CT molecular complexity index is 441. The molecule has 1 rings (SSSR count). The van der Waals surface area contributed by atoms with Gasteiger partial charge in [0.25, 0.3) is 0 Å². The van der Waals surface area contributed by atoms with E-state index in [1.807, 2.05) is 6.92 Å². The van der Waals surface area contributed by atoms with E-state index in [-0.39, 0.29) is 12.3 Å². The summed E-state index contributed by atoms with van der Waals surface area (Å²) in [4.78, 5) is 22.9. The molecule has 1 unspecified atom stereocenters. The molecule has 100 valence electrons. The summed E-state index contributed by atoms with van der Waals surface area (Å²) in [7, 11) is 0. The van der Waals surface area contributed by atoms with Crippen LogP contribution in [0.3, 0.4) is 0 Å². The molecule has 1 aromatic heterocycles. The Morgan fingerprint density at radius 2 is 2.11 bits per heavy atom.